The standard InChI is InChI=1S/C14H18ClN3O2/c15-13-4-1-10(7-14(13)18(19)20)8-16-11-5-6-17(9-11)12-2-3-12/h1,4,7,11-12,16H,2-3,5-6,8-9H2. The van der Waals surface area contributed by atoms with Crippen LogP contribution in [0.4, 0.5) is 5.69 Å². The molecule has 0 aromatic heterocycles. The summed E-state index contributed by atoms with van der Waals surface area (Å²) in [6.07, 6.45) is 3.85. The fourth-order valence-electron chi connectivity index (χ4n) is 2.80. The van der Waals surface area contributed by atoms with E-state index in [0.717, 1.165) is 24.6 Å². The van der Waals surface area contributed by atoms with E-state index in [0.29, 0.717) is 12.6 Å². The van der Waals surface area contributed by atoms with Gasteiger partial charge in [0, 0.05) is 37.8 Å². The molecule has 1 atom stereocenters. The van der Waals surface area contributed by atoms with E-state index < -0.39 is 4.92 Å². The Kier molecular flexibility index (Phi) is 3.92. The monoisotopic (exact) mass is 295 g/mol. The molecule has 0 amide bonds. The molecule has 0 radical (unpaired) electrons. The average Bonchev–Trinajstić information content (AvgIpc) is 3.17. The van der Waals surface area contributed by atoms with Crippen LogP contribution < -0.4 is 5.32 Å². The number of benzene rings is 1. The van der Waals surface area contributed by atoms with Crippen molar-refractivity contribution in [3.05, 3.63) is 38.9 Å². The molecule has 1 heterocycles. The van der Waals surface area contributed by atoms with Gasteiger partial charge in [-0.2, -0.15) is 0 Å². The summed E-state index contributed by atoms with van der Waals surface area (Å²) in [5, 5.41) is 14.5. The molecule has 1 unspecified atom stereocenters. The predicted molar refractivity (Wildman–Crippen MR) is 77.9 cm³/mol. The minimum atomic E-state index is -0.434. The number of nitro benzene ring substituents is 1. The van der Waals surface area contributed by atoms with Crippen LogP contribution in [0.1, 0.15) is 24.8 Å². The van der Waals surface area contributed by atoms with Crippen molar-refractivity contribution < 1.29 is 4.92 Å². The Hall–Kier alpha value is -1.17. The maximum absolute atomic E-state index is 10.9. The molecule has 3 rings (SSSR count). The van der Waals surface area contributed by atoms with Crippen molar-refractivity contribution >= 4 is 17.3 Å². The predicted octanol–water partition coefficient (Wildman–Crippen LogP) is 2.57. The summed E-state index contributed by atoms with van der Waals surface area (Å²) < 4.78 is 0. The SMILES string of the molecule is O=[N+]([O-])c1cc(CNC2CCN(C3CC3)C2)ccc1Cl. The molecule has 20 heavy (non-hydrogen) atoms. The molecule has 1 aliphatic carbocycles. The highest BCUT2D eigenvalue weighted by Gasteiger charge is 2.34. The van der Waals surface area contributed by atoms with Crippen LogP contribution in [0.5, 0.6) is 0 Å². The number of rotatable bonds is 5. The van der Waals surface area contributed by atoms with Gasteiger partial charge in [-0.3, -0.25) is 15.0 Å². The van der Waals surface area contributed by atoms with Gasteiger partial charge in [-0.25, -0.2) is 0 Å². The maximum atomic E-state index is 10.9. The molecule has 0 bridgehead atoms. The molecule has 108 valence electrons. The van der Waals surface area contributed by atoms with Crippen LogP contribution in [0.2, 0.25) is 5.02 Å². The minimum absolute atomic E-state index is 0.0167. The lowest BCUT2D eigenvalue weighted by atomic mass is 10.2. The van der Waals surface area contributed by atoms with Crippen molar-refractivity contribution in [3.63, 3.8) is 0 Å². The first-order chi connectivity index (χ1) is 9.63. The molecule has 2 aliphatic rings. The Balaban J connectivity index is 1.55. The van der Waals surface area contributed by atoms with Crippen molar-refractivity contribution in [2.75, 3.05) is 13.1 Å². The van der Waals surface area contributed by atoms with Crippen LogP contribution >= 0.6 is 11.6 Å². The van der Waals surface area contributed by atoms with Crippen molar-refractivity contribution in [1.29, 1.82) is 0 Å². The van der Waals surface area contributed by atoms with Crippen LogP contribution in [0, 0.1) is 10.1 Å². The lowest BCUT2D eigenvalue weighted by Gasteiger charge is -2.15. The van der Waals surface area contributed by atoms with E-state index in [4.69, 9.17) is 11.6 Å². The normalized spacial score (nSPS) is 23.1. The molecule has 1 aromatic rings. The third kappa shape index (κ3) is 3.11. The second-order valence-corrected chi connectivity index (χ2v) is 6.04. The molecule has 1 aliphatic heterocycles. The number of nitrogens with zero attached hydrogens (tertiary/aromatic N) is 2. The number of likely N-dealkylation sites (tertiary alicyclic amines) is 1. The van der Waals surface area contributed by atoms with Gasteiger partial charge in [0.2, 0.25) is 0 Å². The van der Waals surface area contributed by atoms with Crippen LogP contribution in [0.15, 0.2) is 18.2 Å². The fraction of sp³-hybridized carbons (Fsp3) is 0.571. The molecule has 6 heteroatoms. The third-order valence-corrected chi connectivity index (χ3v) is 4.40. The lowest BCUT2D eigenvalue weighted by Crippen LogP contribution is -2.32. The van der Waals surface area contributed by atoms with E-state index in [9.17, 15) is 10.1 Å². The van der Waals surface area contributed by atoms with Crippen molar-refractivity contribution in [1.82, 2.24) is 10.2 Å². The first kappa shape index (κ1) is 13.8. The summed E-state index contributed by atoms with van der Waals surface area (Å²) in [7, 11) is 0. The largest absolute Gasteiger partial charge is 0.309 e. The van der Waals surface area contributed by atoms with E-state index in [1.807, 2.05) is 6.07 Å². The summed E-state index contributed by atoms with van der Waals surface area (Å²) in [6, 6.07) is 6.31. The fourth-order valence-corrected chi connectivity index (χ4v) is 2.98. The van der Waals surface area contributed by atoms with Gasteiger partial charge in [0.1, 0.15) is 5.02 Å². The zero-order valence-corrected chi connectivity index (χ0v) is 12.0. The Labute approximate surface area is 123 Å². The zero-order valence-electron chi connectivity index (χ0n) is 11.2. The highest BCUT2D eigenvalue weighted by atomic mass is 35.5. The van der Waals surface area contributed by atoms with Crippen molar-refractivity contribution in [2.24, 2.45) is 0 Å². The van der Waals surface area contributed by atoms with Gasteiger partial charge in [-0.1, -0.05) is 17.7 Å². The molecule has 0 spiro atoms. The average molecular weight is 296 g/mol. The highest BCUT2D eigenvalue weighted by Crippen LogP contribution is 2.30. The van der Waals surface area contributed by atoms with E-state index in [1.54, 1.807) is 12.1 Å². The Morgan fingerprint density at radius 3 is 2.90 bits per heavy atom. The van der Waals surface area contributed by atoms with E-state index >= 15 is 0 Å². The summed E-state index contributed by atoms with van der Waals surface area (Å²) in [5.74, 6) is 0. The first-order valence-corrected chi connectivity index (χ1v) is 7.41. The highest BCUT2D eigenvalue weighted by molar-refractivity contribution is 6.32. The smallest absolute Gasteiger partial charge is 0.288 e. The van der Waals surface area contributed by atoms with Gasteiger partial charge in [0.15, 0.2) is 0 Å². The summed E-state index contributed by atoms with van der Waals surface area (Å²) in [6.45, 7) is 2.92. The topological polar surface area (TPSA) is 58.4 Å². The zero-order chi connectivity index (χ0) is 14.1. The van der Waals surface area contributed by atoms with Gasteiger partial charge in [0.25, 0.3) is 5.69 Å². The number of halogens is 1. The third-order valence-electron chi connectivity index (χ3n) is 4.09. The Bertz CT molecular complexity index is 519. The summed E-state index contributed by atoms with van der Waals surface area (Å²) in [4.78, 5) is 13.0. The second-order valence-electron chi connectivity index (χ2n) is 5.64. The molecule has 5 nitrogen and oxygen atoms in total. The number of hydrogen-bond acceptors (Lipinski definition) is 4. The van der Waals surface area contributed by atoms with E-state index in [1.165, 1.54) is 19.4 Å². The summed E-state index contributed by atoms with van der Waals surface area (Å²) in [5.41, 5.74) is 0.892. The Morgan fingerprint density at radius 1 is 1.40 bits per heavy atom. The van der Waals surface area contributed by atoms with E-state index in [-0.39, 0.29) is 10.7 Å². The van der Waals surface area contributed by atoms with Gasteiger partial charge >= 0.3 is 0 Å². The van der Waals surface area contributed by atoms with Crippen LogP contribution in [0.25, 0.3) is 0 Å². The van der Waals surface area contributed by atoms with Gasteiger partial charge in [-0.05, 0) is 30.9 Å². The number of nitrogens with one attached hydrogen (secondary N) is 1. The van der Waals surface area contributed by atoms with Gasteiger partial charge in [0.05, 0.1) is 4.92 Å². The van der Waals surface area contributed by atoms with Gasteiger partial charge in [-0.15, -0.1) is 0 Å². The van der Waals surface area contributed by atoms with Crippen molar-refractivity contribution in [3.8, 4) is 0 Å². The molecular weight excluding hydrogens is 278 g/mol. The molecule has 1 N–H and O–H groups in total. The van der Waals surface area contributed by atoms with Crippen LogP contribution in [0.3, 0.4) is 0 Å². The van der Waals surface area contributed by atoms with Crippen LogP contribution in [-0.2, 0) is 6.54 Å². The van der Waals surface area contributed by atoms with Crippen molar-refractivity contribution in [2.45, 2.75) is 37.9 Å². The molecular formula is C14H18ClN3O2. The van der Waals surface area contributed by atoms with Crippen LogP contribution in [-0.4, -0.2) is 35.0 Å². The first-order valence-electron chi connectivity index (χ1n) is 7.04. The molecule has 1 saturated heterocycles. The molecule has 1 saturated carbocycles. The quantitative estimate of drug-likeness (QED) is 0.670. The minimum Gasteiger partial charge on any atom is -0.309 e. The molecule has 2 fully saturated rings. The second kappa shape index (κ2) is 5.68. The Morgan fingerprint density at radius 2 is 2.20 bits per heavy atom. The van der Waals surface area contributed by atoms with E-state index in [2.05, 4.69) is 10.2 Å². The lowest BCUT2D eigenvalue weighted by molar-refractivity contribution is -0.384. The molecule has 1 aromatic carbocycles. The number of hydrogen-bond donors (Lipinski definition) is 1. The number of nitro groups is 1. The van der Waals surface area contributed by atoms with Gasteiger partial charge < -0.3 is 5.32 Å². The summed E-state index contributed by atoms with van der Waals surface area (Å²) >= 11 is 5.81. The maximum Gasteiger partial charge on any atom is 0.288 e.